The van der Waals surface area contributed by atoms with Crippen LogP contribution in [0, 0.1) is 0 Å². The highest BCUT2D eigenvalue weighted by atomic mass is 14.7. The second-order valence-corrected chi connectivity index (χ2v) is 3.11. The van der Waals surface area contributed by atoms with Crippen LogP contribution in [0.1, 0.15) is 33.4 Å². The van der Waals surface area contributed by atoms with Gasteiger partial charge < -0.3 is 4.98 Å². The van der Waals surface area contributed by atoms with Gasteiger partial charge in [0.2, 0.25) is 0 Å². The molecule has 1 rings (SSSR count). The Kier molecular flexibility index (Phi) is 7.96. The lowest BCUT2D eigenvalue weighted by Gasteiger charge is -1.83. The van der Waals surface area contributed by atoms with Crippen molar-refractivity contribution >= 4 is 12.2 Å². The molecule has 1 aromatic heterocycles. The summed E-state index contributed by atoms with van der Waals surface area (Å²) < 4.78 is 0. The van der Waals surface area contributed by atoms with Gasteiger partial charge in [-0.2, -0.15) is 0 Å². The molecule has 0 fully saturated rings. The molecule has 0 unspecified atom stereocenters. The number of H-pyrrole nitrogens is 1. The number of aryl methyl sites for hydroxylation is 1. The quantitative estimate of drug-likeness (QED) is 0.801. The van der Waals surface area contributed by atoms with E-state index in [9.17, 15) is 0 Å². The van der Waals surface area contributed by atoms with Crippen LogP contribution in [0.25, 0.3) is 12.2 Å². The zero-order valence-corrected chi connectivity index (χ0v) is 10.9. The molecule has 1 nitrogen and oxygen atoms in total. The van der Waals surface area contributed by atoms with Crippen molar-refractivity contribution in [2.24, 2.45) is 0 Å². The van der Waals surface area contributed by atoms with E-state index in [1.165, 1.54) is 10.9 Å². The van der Waals surface area contributed by atoms with Crippen LogP contribution in [-0.4, -0.2) is 4.98 Å². The number of allylic oxidation sites excluding steroid dienone is 3. The SMILES string of the molecule is C=C/C=c1/[nH]c(CC)c/c1=C/C=C\C.CC. The summed E-state index contributed by atoms with van der Waals surface area (Å²) in [6.07, 6.45) is 11.0. The van der Waals surface area contributed by atoms with Gasteiger partial charge in [-0.15, -0.1) is 0 Å². The second kappa shape index (κ2) is 8.78. The highest BCUT2D eigenvalue weighted by Gasteiger charge is 1.91. The molecule has 16 heavy (non-hydrogen) atoms. The maximum Gasteiger partial charge on any atom is 0.0455 e. The maximum absolute atomic E-state index is 3.70. The molecule has 0 spiro atoms. The Bertz CT molecular complexity index is 432. The average molecular weight is 217 g/mol. The van der Waals surface area contributed by atoms with Crippen LogP contribution >= 0.6 is 0 Å². The fourth-order valence-electron chi connectivity index (χ4n) is 1.33. The van der Waals surface area contributed by atoms with Crippen LogP contribution < -0.4 is 10.6 Å². The van der Waals surface area contributed by atoms with Crippen LogP contribution in [0.4, 0.5) is 0 Å². The van der Waals surface area contributed by atoms with E-state index < -0.39 is 0 Å². The molecule has 1 aromatic rings. The molecule has 0 atom stereocenters. The fourth-order valence-corrected chi connectivity index (χ4v) is 1.33. The second-order valence-electron chi connectivity index (χ2n) is 3.11. The normalized spacial score (nSPS) is 12.8. The average Bonchev–Trinajstić information content (AvgIpc) is 2.72. The summed E-state index contributed by atoms with van der Waals surface area (Å²) >= 11 is 0. The molecule has 0 aliphatic carbocycles. The van der Waals surface area contributed by atoms with Gasteiger partial charge in [-0.1, -0.05) is 51.7 Å². The minimum atomic E-state index is 1.03. The van der Waals surface area contributed by atoms with Crippen LogP contribution in [0.5, 0.6) is 0 Å². The lowest BCUT2D eigenvalue weighted by molar-refractivity contribution is 1.05. The Morgan fingerprint density at radius 2 is 2.00 bits per heavy atom. The van der Waals surface area contributed by atoms with E-state index in [1.54, 1.807) is 6.08 Å². The summed E-state index contributed by atoms with van der Waals surface area (Å²) in [4.78, 5) is 3.35. The minimum Gasteiger partial charge on any atom is -0.358 e. The van der Waals surface area contributed by atoms with Crippen molar-refractivity contribution in [2.45, 2.75) is 34.1 Å². The zero-order chi connectivity index (χ0) is 12.4. The van der Waals surface area contributed by atoms with Crippen molar-refractivity contribution in [3.63, 3.8) is 0 Å². The molecule has 0 amide bonds. The summed E-state index contributed by atoms with van der Waals surface area (Å²) in [7, 11) is 0. The van der Waals surface area contributed by atoms with Gasteiger partial charge in [0, 0.05) is 11.0 Å². The van der Waals surface area contributed by atoms with Gasteiger partial charge in [0.1, 0.15) is 0 Å². The lowest BCUT2D eigenvalue weighted by atomic mass is 10.3. The number of aromatic nitrogens is 1. The number of nitrogens with one attached hydrogen (secondary N) is 1. The predicted molar refractivity (Wildman–Crippen MR) is 74.7 cm³/mol. The number of hydrogen-bond acceptors (Lipinski definition) is 0. The molecule has 0 saturated heterocycles. The largest absolute Gasteiger partial charge is 0.358 e. The molecule has 1 N–H and O–H groups in total. The van der Waals surface area contributed by atoms with E-state index >= 15 is 0 Å². The minimum absolute atomic E-state index is 1.03. The van der Waals surface area contributed by atoms with E-state index in [4.69, 9.17) is 0 Å². The first-order chi connectivity index (χ1) is 7.81. The molecule has 0 aliphatic heterocycles. The van der Waals surface area contributed by atoms with Gasteiger partial charge >= 0.3 is 0 Å². The monoisotopic (exact) mass is 217 g/mol. The van der Waals surface area contributed by atoms with Gasteiger partial charge in [-0.3, -0.25) is 0 Å². The number of aromatic amines is 1. The smallest absolute Gasteiger partial charge is 0.0455 e. The van der Waals surface area contributed by atoms with Crippen molar-refractivity contribution < 1.29 is 0 Å². The topological polar surface area (TPSA) is 15.8 Å². The highest BCUT2D eigenvalue weighted by Crippen LogP contribution is 1.87. The van der Waals surface area contributed by atoms with E-state index in [0.29, 0.717) is 0 Å². The lowest BCUT2D eigenvalue weighted by Crippen LogP contribution is -2.21. The number of hydrogen-bond donors (Lipinski definition) is 1. The van der Waals surface area contributed by atoms with Gasteiger partial charge in [0.15, 0.2) is 0 Å². The summed E-state index contributed by atoms with van der Waals surface area (Å²) in [5, 5.41) is 2.36. The molecular formula is C15H23N. The molecule has 1 heterocycles. The highest BCUT2D eigenvalue weighted by molar-refractivity contribution is 5.42. The van der Waals surface area contributed by atoms with Crippen LogP contribution in [0.2, 0.25) is 0 Å². The summed E-state index contributed by atoms with van der Waals surface area (Å²) in [5.74, 6) is 0. The van der Waals surface area contributed by atoms with Crippen molar-refractivity contribution in [1.82, 2.24) is 4.98 Å². The molecule has 0 bridgehead atoms. The van der Waals surface area contributed by atoms with Crippen molar-refractivity contribution in [1.29, 1.82) is 0 Å². The first-order valence-corrected chi connectivity index (χ1v) is 5.95. The third-order valence-corrected chi connectivity index (χ3v) is 2.07. The van der Waals surface area contributed by atoms with Gasteiger partial charge in [-0.25, -0.2) is 0 Å². The molecule has 0 radical (unpaired) electrons. The number of rotatable bonds is 3. The fraction of sp³-hybridized carbons (Fsp3) is 0.333. The Morgan fingerprint density at radius 1 is 1.31 bits per heavy atom. The van der Waals surface area contributed by atoms with Crippen LogP contribution in [0.3, 0.4) is 0 Å². The summed E-state index contributed by atoms with van der Waals surface area (Å²) in [5.41, 5.74) is 1.26. The Morgan fingerprint density at radius 3 is 2.50 bits per heavy atom. The van der Waals surface area contributed by atoms with E-state index in [1.807, 2.05) is 39.0 Å². The van der Waals surface area contributed by atoms with Gasteiger partial charge in [0.05, 0.1) is 0 Å². The van der Waals surface area contributed by atoms with Crippen LogP contribution in [-0.2, 0) is 6.42 Å². The standard InChI is InChI=1S/C13H17N.C2H6/c1-4-7-9-11-10-12(6-3)14-13(11)8-5-2;1-2/h4-5,7-10,14H,2,6H2,1,3H3;1-2H3/b7-4-,11-9-,13-8+;. The Balaban J connectivity index is 0.00000106. The third kappa shape index (κ3) is 4.35. The molecule has 88 valence electrons. The molecule has 1 heteroatoms. The van der Waals surface area contributed by atoms with E-state index in [0.717, 1.165) is 11.8 Å². The Hall–Kier alpha value is -1.50. The summed E-state index contributed by atoms with van der Waals surface area (Å²) in [6.45, 7) is 11.9. The molecule has 0 saturated carbocycles. The van der Waals surface area contributed by atoms with Crippen LogP contribution in [0.15, 0.2) is 30.9 Å². The molecule has 0 aromatic carbocycles. The first kappa shape index (κ1) is 14.5. The third-order valence-electron chi connectivity index (χ3n) is 2.07. The maximum atomic E-state index is 3.70. The van der Waals surface area contributed by atoms with Crippen molar-refractivity contribution in [3.05, 3.63) is 47.1 Å². The molecular weight excluding hydrogens is 194 g/mol. The van der Waals surface area contributed by atoms with E-state index in [2.05, 4.69) is 30.6 Å². The van der Waals surface area contributed by atoms with Crippen molar-refractivity contribution in [3.8, 4) is 0 Å². The van der Waals surface area contributed by atoms with Crippen molar-refractivity contribution in [2.75, 3.05) is 0 Å². The Labute approximate surface area is 98.9 Å². The molecule has 0 aliphatic rings. The summed E-state index contributed by atoms with van der Waals surface area (Å²) in [6, 6.07) is 2.18. The van der Waals surface area contributed by atoms with Gasteiger partial charge in [0.25, 0.3) is 0 Å². The zero-order valence-electron chi connectivity index (χ0n) is 10.9. The predicted octanol–water partition coefficient (Wildman–Crippen LogP) is 2.93. The van der Waals surface area contributed by atoms with Gasteiger partial charge in [-0.05, 0) is 30.7 Å². The van der Waals surface area contributed by atoms with E-state index in [-0.39, 0.29) is 0 Å². The first-order valence-electron chi connectivity index (χ1n) is 5.95.